The maximum atomic E-state index is 6.10. The summed E-state index contributed by atoms with van der Waals surface area (Å²) < 4.78 is 13.1. The Morgan fingerprint density at radius 3 is 2.44 bits per heavy atom. The van der Waals surface area contributed by atoms with Gasteiger partial charge in [-0.1, -0.05) is 24.3 Å². The van der Waals surface area contributed by atoms with Crippen LogP contribution in [0.5, 0.6) is 17.2 Å². The van der Waals surface area contributed by atoms with Gasteiger partial charge in [-0.2, -0.15) is 5.10 Å². The number of hydrogen-bond acceptors (Lipinski definition) is 8. The van der Waals surface area contributed by atoms with Gasteiger partial charge in [-0.15, -0.1) is 10.2 Å². The summed E-state index contributed by atoms with van der Waals surface area (Å²) in [5, 5.41) is 18.6. The van der Waals surface area contributed by atoms with E-state index < -0.39 is 0 Å². The van der Waals surface area contributed by atoms with Crippen molar-refractivity contribution in [2.24, 2.45) is 7.05 Å². The fraction of sp³-hybridized carbons (Fsp3) is 0.0741. The van der Waals surface area contributed by atoms with Crippen LogP contribution in [0.2, 0.25) is 0 Å². The average molecular weight is 476 g/mol. The van der Waals surface area contributed by atoms with Crippen LogP contribution in [0.3, 0.4) is 0 Å². The van der Waals surface area contributed by atoms with Crippen LogP contribution in [0.25, 0.3) is 33.2 Å². The normalized spacial score (nSPS) is 11.1. The van der Waals surface area contributed by atoms with Crippen molar-refractivity contribution in [3.05, 3.63) is 85.3 Å². The molecular weight excluding hydrogens is 454 g/mol. The Morgan fingerprint density at radius 2 is 1.67 bits per heavy atom. The number of nitrogens with zero attached hydrogens (tertiary/aromatic N) is 6. The molecule has 9 nitrogen and oxygen atoms in total. The van der Waals surface area contributed by atoms with Gasteiger partial charge in [0.2, 0.25) is 0 Å². The number of ether oxygens (including phenoxy) is 2. The number of anilines is 2. The average Bonchev–Trinajstić information content (AvgIpc) is 3.35. The highest BCUT2D eigenvalue weighted by Crippen LogP contribution is 2.32. The third kappa shape index (κ3) is 3.92. The van der Waals surface area contributed by atoms with Crippen molar-refractivity contribution in [3.63, 3.8) is 0 Å². The standard InChI is InChI=1S/C27H21N7O2/c1-34-23(11-14-30-34)25-20-5-3-4-6-21(20)27(33-32-25)31-17-7-9-18(10-8-17)36-24-12-13-28-22-15-19(35-2)16-29-26(22)24/h3-16H,1-2H3,(H,31,33). The fourth-order valence-electron chi connectivity index (χ4n) is 4.04. The molecule has 1 N–H and O–H groups in total. The van der Waals surface area contributed by atoms with Crippen LogP contribution in [0.1, 0.15) is 0 Å². The Balaban J connectivity index is 1.27. The second-order valence-corrected chi connectivity index (χ2v) is 8.09. The lowest BCUT2D eigenvalue weighted by atomic mass is 10.1. The minimum atomic E-state index is 0.617. The SMILES string of the molecule is COc1cnc2c(Oc3ccc(Nc4nnc(-c5ccnn5C)c5ccccc45)cc3)ccnc2c1. The molecule has 4 heterocycles. The first kappa shape index (κ1) is 21.5. The Bertz CT molecular complexity index is 1700. The zero-order valence-corrected chi connectivity index (χ0v) is 19.6. The highest BCUT2D eigenvalue weighted by Gasteiger charge is 2.14. The van der Waals surface area contributed by atoms with Crippen LogP contribution in [0, 0.1) is 0 Å². The first-order chi connectivity index (χ1) is 17.7. The van der Waals surface area contributed by atoms with Crippen LogP contribution >= 0.6 is 0 Å². The summed E-state index contributed by atoms with van der Waals surface area (Å²) >= 11 is 0. The van der Waals surface area contributed by atoms with Crippen molar-refractivity contribution >= 4 is 33.3 Å². The van der Waals surface area contributed by atoms with E-state index in [-0.39, 0.29) is 0 Å². The van der Waals surface area contributed by atoms with Gasteiger partial charge in [-0.25, -0.2) is 4.98 Å². The zero-order chi connectivity index (χ0) is 24.5. The topological polar surface area (TPSA) is 99.9 Å². The number of aryl methyl sites for hydroxylation is 1. The quantitative estimate of drug-likeness (QED) is 0.336. The minimum Gasteiger partial charge on any atom is -0.495 e. The molecule has 2 aromatic carbocycles. The van der Waals surface area contributed by atoms with Crippen molar-refractivity contribution in [2.75, 3.05) is 12.4 Å². The third-order valence-electron chi connectivity index (χ3n) is 5.85. The second-order valence-electron chi connectivity index (χ2n) is 8.09. The van der Waals surface area contributed by atoms with Gasteiger partial charge in [-0.3, -0.25) is 9.67 Å². The van der Waals surface area contributed by atoms with Crippen LogP contribution in [0.15, 0.2) is 85.3 Å². The van der Waals surface area contributed by atoms with E-state index in [1.807, 2.05) is 67.7 Å². The summed E-state index contributed by atoms with van der Waals surface area (Å²) in [5.41, 5.74) is 3.91. The van der Waals surface area contributed by atoms with Gasteiger partial charge in [0, 0.05) is 48.0 Å². The molecule has 0 aliphatic heterocycles. The molecule has 0 bridgehead atoms. The van der Waals surface area contributed by atoms with Crippen molar-refractivity contribution in [1.29, 1.82) is 0 Å². The summed E-state index contributed by atoms with van der Waals surface area (Å²) in [6.07, 6.45) is 5.09. The van der Waals surface area contributed by atoms with Crippen molar-refractivity contribution in [1.82, 2.24) is 29.9 Å². The molecule has 0 amide bonds. The number of methoxy groups -OCH3 is 1. The van der Waals surface area contributed by atoms with Crippen LogP contribution in [0.4, 0.5) is 11.5 Å². The monoisotopic (exact) mass is 475 g/mol. The molecule has 6 aromatic rings. The number of fused-ring (bicyclic) bond motifs is 2. The molecule has 0 spiro atoms. The summed E-state index contributed by atoms with van der Waals surface area (Å²) in [7, 11) is 3.49. The molecule has 0 unspecified atom stereocenters. The molecule has 0 radical (unpaired) electrons. The number of hydrogen-bond donors (Lipinski definition) is 1. The lowest BCUT2D eigenvalue weighted by Gasteiger charge is -2.12. The van der Waals surface area contributed by atoms with Gasteiger partial charge in [-0.05, 0) is 30.3 Å². The molecule has 0 saturated carbocycles. The number of rotatable bonds is 6. The Kier molecular flexibility index (Phi) is 5.34. The molecule has 0 fully saturated rings. The van der Waals surface area contributed by atoms with E-state index in [9.17, 15) is 0 Å². The van der Waals surface area contributed by atoms with Gasteiger partial charge in [0.15, 0.2) is 11.6 Å². The molecule has 0 saturated heterocycles. The van der Waals surface area contributed by atoms with Crippen molar-refractivity contribution < 1.29 is 9.47 Å². The minimum absolute atomic E-state index is 0.617. The lowest BCUT2D eigenvalue weighted by Crippen LogP contribution is -2.01. The Hall–Kier alpha value is -5.05. The number of aromatic nitrogens is 6. The van der Waals surface area contributed by atoms with Crippen LogP contribution < -0.4 is 14.8 Å². The van der Waals surface area contributed by atoms with Gasteiger partial charge < -0.3 is 14.8 Å². The number of benzene rings is 2. The predicted molar refractivity (Wildman–Crippen MR) is 138 cm³/mol. The second kappa shape index (κ2) is 8.95. The molecule has 6 rings (SSSR count). The first-order valence-electron chi connectivity index (χ1n) is 11.3. The number of pyridine rings is 2. The summed E-state index contributed by atoms with van der Waals surface area (Å²) in [5.74, 6) is 2.61. The van der Waals surface area contributed by atoms with E-state index in [2.05, 4.69) is 30.6 Å². The smallest absolute Gasteiger partial charge is 0.161 e. The molecule has 9 heteroatoms. The molecule has 0 atom stereocenters. The van der Waals surface area contributed by atoms with E-state index in [0.717, 1.165) is 27.8 Å². The largest absolute Gasteiger partial charge is 0.495 e. The van der Waals surface area contributed by atoms with Gasteiger partial charge in [0.05, 0.1) is 24.5 Å². The van der Waals surface area contributed by atoms with Gasteiger partial charge in [0.25, 0.3) is 0 Å². The molecular formula is C27H21N7O2. The molecule has 176 valence electrons. The highest BCUT2D eigenvalue weighted by molar-refractivity contribution is 6.00. The highest BCUT2D eigenvalue weighted by atomic mass is 16.5. The van der Waals surface area contributed by atoms with Crippen LogP contribution in [-0.2, 0) is 7.05 Å². The predicted octanol–water partition coefficient (Wildman–Crippen LogP) is 5.52. The van der Waals surface area contributed by atoms with E-state index >= 15 is 0 Å². The van der Waals surface area contributed by atoms with Crippen molar-refractivity contribution in [2.45, 2.75) is 0 Å². The molecule has 36 heavy (non-hydrogen) atoms. The Labute approximate surface area is 206 Å². The van der Waals surface area contributed by atoms with E-state index in [1.165, 1.54) is 0 Å². The summed E-state index contributed by atoms with van der Waals surface area (Å²) in [6.45, 7) is 0. The number of nitrogens with one attached hydrogen (secondary N) is 1. The maximum absolute atomic E-state index is 6.10. The fourth-order valence-corrected chi connectivity index (χ4v) is 4.04. The molecule has 0 aliphatic rings. The van der Waals surface area contributed by atoms with Gasteiger partial charge in [0.1, 0.15) is 22.7 Å². The van der Waals surface area contributed by atoms with Gasteiger partial charge >= 0.3 is 0 Å². The van der Waals surface area contributed by atoms with E-state index in [1.54, 1.807) is 36.4 Å². The summed E-state index contributed by atoms with van der Waals surface area (Å²) in [6, 6.07) is 21.2. The Morgan fingerprint density at radius 1 is 0.833 bits per heavy atom. The van der Waals surface area contributed by atoms with Crippen LogP contribution in [-0.4, -0.2) is 37.1 Å². The van der Waals surface area contributed by atoms with E-state index in [4.69, 9.17) is 9.47 Å². The van der Waals surface area contributed by atoms with E-state index in [0.29, 0.717) is 34.1 Å². The van der Waals surface area contributed by atoms with Crippen molar-refractivity contribution in [3.8, 4) is 28.6 Å². The molecule has 0 aliphatic carbocycles. The summed E-state index contributed by atoms with van der Waals surface area (Å²) in [4.78, 5) is 8.79. The first-order valence-corrected chi connectivity index (χ1v) is 11.3. The third-order valence-corrected chi connectivity index (χ3v) is 5.85. The maximum Gasteiger partial charge on any atom is 0.161 e. The molecule has 4 aromatic heterocycles. The lowest BCUT2D eigenvalue weighted by molar-refractivity contribution is 0.413. The zero-order valence-electron chi connectivity index (χ0n) is 19.6.